The number of nitrogens with one attached hydrogen (secondary N) is 1. The van der Waals surface area contributed by atoms with Crippen LogP contribution in [0.5, 0.6) is 0 Å². The normalized spacial score (nSPS) is 15.0. The van der Waals surface area contributed by atoms with E-state index >= 15 is 0 Å². The van der Waals surface area contributed by atoms with E-state index in [-0.39, 0.29) is 18.1 Å². The number of amides is 1. The summed E-state index contributed by atoms with van der Waals surface area (Å²) in [4.78, 5) is 12.0. The van der Waals surface area contributed by atoms with E-state index in [0.717, 1.165) is 0 Å². The number of hydrogen-bond donors (Lipinski definition) is 3. The second-order valence-electron chi connectivity index (χ2n) is 4.24. The zero-order valence-corrected chi connectivity index (χ0v) is 11.1. The van der Waals surface area contributed by atoms with Gasteiger partial charge in [-0.2, -0.15) is 0 Å². The predicted molar refractivity (Wildman–Crippen MR) is 66.8 cm³/mol. The Bertz CT molecular complexity index is 471. The van der Waals surface area contributed by atoms with Crippen LogP contribution in [0.15, 0.2) is 15.7 Å². The van der Waals surface area contributed by atoms with Crippen LogP contribution >= 0.6 is 0 Å². The van der Waals surface area contributed by atoms with Gasteiger partial charge in [-0.25, -0.2) is 0 Å². The van der Waals surface area contributed by atoms with Crippen LogP contribution in [0.4, 0.5) is 0 Å². The van der Waals surface area contributed by atoms with Crippen molar-refractivity contribution < 1.29 is 19.3 Å². The topological polar surface area (TPSA) is 123 Å². The smallest absolute Gasteiger partial charge is 0.274 e. The van der Waals surface area contributed by atoms with E-state index in [2.05, 4.69) is 15.6 Å². The van der Waals surface area contributed by atoms with Gasteiger partial charge in [0.15, 0.2) is 17.3 Å². The third-order valence-electron chi connectivity index (χ3n) is 2.85. The van der Waals surface area contributed by atoms with Crippen LogP contribution in [-0.4, -0.2) is 34.8 Å². The monoisotopic (exact) mass is 270 g/mol. The quantitative estimate of drug-likeness (QED) is 0.299. The van der Waals surface area contributed by atoms with Crippen molar-refractivity contribution >= 4 is 11.7 Å². The molecular formula is C11H18N4O4. The van der Waals surface area contributed by atoms with E-state index in [9.17, 15) is 4.79 Å². The standard InChI is InChI=1S/C11H18N4O4/c1-4-11(2,10(12)14-17)13-9(16)8-5-7(6-18-3)19-15-8/h5,17H,4,6H2,1-3H3,(H2,12,14)(H,13,16). The zero-order chi connectivity index (χ0) is 14.5. The molecule has 0 fully saturated rings. The summed E-state index contributed by atoms with van der Waals surface area (Å²) >= 11 is 0. The summed E-state index contributed by atoms with van der Waals surface area (Å²) in [6, 6.07) is 1.47. The Hall–Kier alpha value is -2.09. The molecule has 8 nitrogen and oxygen atoms in total. The average molecular weight is 270 g/mol. The Morgan fingerprint density at radius 1 is 1.74 bits per heavy atom. The van der Waals surface area contributed by atoms with Crippen molar-refractivity contribution in [1.82, 2.24) is 10.5 Å². The summed E-state index contributed by atoms with van der Waals surface area (Å²) in [5, 5.41) is 17.9. The van der Waals surface area contributed by atoms with Crippen molar-refractivity contribution in [2.45, 2.75) is 32.4 Å². The van der Waals surface area contributed by atoms with Gasteiger partial charge in [0.25, 0.3) is 5.91 Å². The first-order valence-electron chi connectivity index (χ1n) is 5.72. The molecule has 1 amide bonds. The fraction of sp³-hybridized carbons (Fsp3) is 0.545. The predicted octanol–water partition coefficient (Wildman–Crippen LogP) is 0.466. The highest BCUT2D eigenvalue weighted by molar-refractivity contribution is 5.98. The molecule has 0 saturated carbocycles. The van der Waals surface area contributed by atoms with Crippen LogP contribution in [-0.2, 0) is 11.3 Å². The first-order valence-corrected chi connectivity index (χ1v) is 5.72. The molecule has 1 heterocycles. The van der Waals surface area contributed by atoms with Crippen molar-refractivity contribution in [2.75, 3.05) is 7.11 Å². The molecule has 4 N–H and O–H groups in total. The van der Waals surface area contributed by atoms with Crippen molar-refractivity contribution in [2.24, 2.45) is 10.9 Å². The summed E-state index contributed by atoms with van der Waals surface area (Å²) in [7, 11) is 1.51. The lowest BCUT2D eigenvalue weighted by Crippen LogP contribution is -2.55. The van der Waals surface area contributed by atoms with Crippen molar-refractivity contribution in [3.8, 4) is 0 Å². The van der Waals surface area contributed by atoms with Crippen molar-refractivity contribution in [3.05, 3.63) is 17.5 Å². The lowest BCUT2D eigenvalue weighted by Gasteiger charge is -2.27. The van der Waals surface area contributed by atoms with Gasteiger partial charge in [-0.1, -0.05) is 17.2 Å². The molecule has 106 valence electrons. The summed E-state index contributed by atoms with van der Waals surface area (Å²) in [6.45, 7) is 3.68. The molecule has 0 saturated heterocycles. The lowest BCUT2D eigenvalue weighted by molar-refractivity contribution is 0.0915. The van der Waals surface area contributed by atoms with Gasteiger partial charge in [0.1, 0.15) is 6.61 Å². The fourth-order valence-electron chi connectivity index (χ4n) is 1.39. The zero-order valence-electron chi connectivity index (χ0n) is 11.1. The highest BCUT2D eigenvalue weighted by Crippen LogP contribution is 2.12. The third kappa shape index (κ3) is 3.44. The van der Waals surface area contributed by atoms with E-state index in [4.69, 9.17) is 20.2 Å². The molecule has 0 aliphatic carbocycles. The third-order valence-corrected chi connectivity index (χ3v) is 2.85. The molecule has 1 aromatic rings. The van der Waals surface area contributed by atoms with Gasteiger partial charge in [0.05, 0.1) is 5.54 Å². The highest BCUT2D eigenvalue weighted by atomic mass is 16.5. The second-order valence-corrected chi connectivity index (χ2v) is 4.24. The molecule has 1 unspecified atom stereocenters. The van der Waals surface area contributed by atoms with E-state index in [1.807, 2.05) is 0 Å². The van der Waals surface area contributed by atoms with E-state index in [0.29, 0.717) is 12.2 Å². The van der Waals surface area contributed by atoms with Crippen molar-refractivity contribution in [3.63, 3.8) is 0 Å². The molecule has 8 heteroatoms. The van der Waals surface area contributed by atoms with Gasteiger partial charge in [0, 0.05) is 13.2 Å². The van der Waals surface area contributed by atoms with E-state index in [1.54, 1.807) is 13.8 Å². The van der Waals surface area contributed by atoms with Gasteiger partial charge < -0.3 is 25.5 Å². The van der Waals surface area contributed by atoms with Gasteiger partial charge in [0.2, 0.25) is 0 Å². The molecule has 1 atom stereocenters. The van der Waals surface area contributed by atoms with E-state index in [1.165, 1.54) is 13.2 Å². The maximum Gasteiger partial charge on any atom is 0.274 e. The number of ether oxygens (including phenoxy) is 1. The molecule has 0 aromatic carbocycles. The number of carbonyl (C=O) groups is 1. The number of carbonyl (C=O) groups excluding carboxylic acids is 1. The van der Waals surface area contributed by atoms with Crippen LogP contribution in [0.1, 0.15) is 36.5 Å². The van der Waals surface area contributed by atoms with Gasteiger partial charge >= 0.3 is 0 Å². The van der Waals surface area contributed by atoms with Crippen LogP contribution < -0.4 is 11.1 Å². The Balaban J connectivity index is 2.82. The van der Waals surface area contributed by atoms with Crippen LogP contribution in [0.3, 0.4) is 0 Å². The van der Waals surface area contributed by atoms with Gasteiger partial charge in [-0.15, -0.1) is 0 Å². The average Bonchev–Trinajstić information content (AvgIpc) is 2.86. The Kier molecular flexibility index (Phi) is 4.87. The number of oxime groups is 1. The second kappa shape index (κ2) is 6.19. The van der Waals surface area contributed by atoms with Crippen LogP contribution in [0.25, 0.3) is 0 Å². The highest BCUT2D eigenvalue weighted by Gasteiger charge is 2.30. The number of methoxy groups -OCH3 is 1. The molecule has 0 bridgehead atoms. The summed E-state index contributed by atoms with van der Waals surface area (Å²) in [5.41, 5.74) is 4.72. The SMILES string of the molecule is CCC(C)(NC(=O)c1cc(COC)on1)C(N)=NO. The Morgan fingerprint density at radius 3 is 2.95 bits per heavy atom. The molecule has 19 heavy (non-hydrogen) atoms. The lowest BCUT2D eigenvalue weighted by atomic mass is 9.97. The molecule has 0 aliphatic rings. The maximum atomic E-state index is 12.0. The van der Waals surface area contributed by atoms with Crippen LogP contribution in [0.2, 0.25) is 0 Å². The molecule has 0 radical (unpaired) electrons. The van der Waals surface area contributed by atoms with Gasteiger partial charge in [-0.3, -0.25) is 4.79 Å². The number of nitrogens with zero attached hydrogens (tertiary/aromatic N) is 2. The number of amidine groups is 1. The Morgan fingerprint density at radius 2 is 2.42 bits per heavy atom. The Labute approximate surface area is 110 Å². The van der Waals surface area contributed by atoms with Gasteiger partial charge in [-0.05, 0) is 13.3 Å². The molecule has 1 rings (SSSR count). The van der Waals surface area contributed by atoms with Crippen LogP contribution in [0, 0.1) is 0 Å². The largest absolute Gasteiger partial charge is 0.409 e. The number of hydrogen-bond acceptors (Lipinski definition) is 6. The first kappa shape index (κ1) is 15.0. The summed E-state index contributed by atoms with van der Waals surface area (Å²) in [5.74, 6) is -0.110. The fourth-order valence-corrected chi connectivity index (χ4v) is 1.39. The molecule has 0 aliphatic heterocycles. The maximum absolute atomic E-state index is 12.0. The molecule has 0 spiro atoms. The minimum atomic E-state index is -0.952. The number of rotatable bonds is 6. The minimum absolute atomic E-state index is 0.0797. The summed E-state index contributed by atoms with van der Waals surface area (Å²) < 4.78 is 9.78. The van der Waals surface area contributed by atoms with E-state index < -0.39 is 11.4 Å². The number of aromatic nitrogens is 1. The number of nitrogens with two attached hydrogens (primary N) is 1. The molecular weight excluding hydrogens is 252 g/mol. The van der Waals surface area contributed by atoms with Crippen molar-refractivity contribution in [1.29, 1.82) is 0 Å². The minimum Gasteiger partial charge on any atom is -0.409 e. The first-order chi connectivity index (χ1) is 8.96. The molecule has 1 aromatic heterocycles. The summed E-state index contributed by atoms with van der Waals surface area (Å²) in [6.07, 6.45) is 0.456.